The second kappa shape index (κ2) is 15.8. The van der Waals surface area contributed by atoms with Gasteiger partial charge in [0, 0.05) is 24.7 Å². The van der Waals surface area contributed by atoms with Crippen molar-refractivity contribution < 1.29 is 24.3 Å². The zero-order chi connectivity index (χ0) is 28.1. The Hall–Kier alpha value is -3.38. The van der Waals surface area contributed by atoms with Gasteiger partial charge in [-0.25, -0.2) is 9.78 Å². The maximum absolute atomic E-state index is 13.5. The summed E-state index contributed by atoms with van der Waals surface area (Å²) in [5.74, 6) is -2.54. The number of rotatable bonds is 16. The number of aromatic nitrogens is 2. The SMILES string of the molecule is CCC(C)C(NC(=O)C(Cc1ccccc1)NC(=O)C(N)Cc1cnc[nH]1)C(=O)NC(CCSC)C(=O)O. The summed E-state index contributed by atoms with van der Waals surface area (Å²) in [7, 11) is 0. The number of benzene rings is 1. The first-order valence-electron chi connectivity index (χ1n) is 12.6. The normalized spacial score (nSPS) is 14.9. The Bertz CT molecular complexity index is 1040. The Kier molecular flexibility index (Phi) is 12.8. The lowest BCUT2D eigenvalue weighted by Gasteiger charge is -2.28. The zero-order valence-corrected chi connectivity index (χ0v) is 22.8. The van der Waals surface area contributed by atoms with Crippen molar-refractivity contribution in [3.8, 4) is 0 Å². The van der Waals surface area contributed by atoms with E-state index in [0.29, 0.717) is 17.9 Å². The highest BCUT2D eigenvalue weighted by Gasteiger charge is 2.32. The Morgan fingerprint density at radius 2 is 1.71 bits per heavy atom. The number of aliphatic carboxylic acids is 1. The van der Waals surface area contributed by atoms with E-state index in [0.717, 1.165) is 5.56 Å². The van der Waals surface area contributed by atoms with Crippen LogP contribution >= 0.6 is 11.8 Å². The van der Waals surface area contributed by atoms with E-state index in [4.69, 9.17) is 5.73 Å². The van der Waals surface area contributed by atoms with Crippen LogP contribution in [0.1, 0.15) is 37.9 Å². The van der Waals surface area contributed by atoms with Crippen molar-refractivity contribution in [2.45, 2.75) is 63.7 Å². The van der Waals surface area contributed by atoms with E-state index in [9.17, 15) is 24.3 Å². The number of nitrogens with two attached hydrogens (primary N) is 1. The lowest BCUT2D eigenvalue weighted by molar-refractivity contribution is -0.142. The number of hydrogen-bond acceptors (Lipinski definition) is 7. The maximum Gasteiger partial charge on any atom is 0.326 e. The number of carbonyl (C=O) groups is 4. The fraction of sp³-hybridized carbons (Fsp3) is 0.500. The lowest BCUT2D eigenvalue weighted by atomic mass is 9.96. The average molecular weight is 547 g/mol. The summed E-state index contributed by atoms with van der Waals surface area (Å²) >= 11 is 1.48. The molecule has 0 fully saturated rings. The van der Waals surface area contributed by atoms with Gasteiger partial charge in [-0.1, -0.05) is 50.6 Å². The molecule has 2 aromatic rings. The Morgan fingerprint density at radius 3 is 2.29 bits per heavy atom. The molecule has 38 heavy (non-hydrogen) atoms. The van der Waals surface area contributed by atoms with Crippen molar-refractivity contribution >= 4 is 35.5 Å². The third kappa shape index (κ3) is 9.82. The van der Waals surface area contributed by atoms with Gasteiger partial charge in [-0.15, -0.1) is 0 Å². The predicted molar refractivity (Wildman–Crippen MR) is 146 cm³/mol. The molecular weight excluding hydrogens is 508 g/mol. The molecule has 0 aliphatic heterocycles. The van der Waals surface area contributed by atoms with E-state index < -0.39 is 47.9 Å². The van der Waals surface area contributed by atoms with Crippen LogP contribution < -0.4 is 21.7 Å². The second-order valence-electron chi connectivity index (χ2n) is 9.19. The molecule has 1 aromatic heterocycles. The van der Waals surface area contributed by atoms with Crippen molar-refractivity contribution in [3.63, 3.8) is 0 Å². The van der Waals surface area contributed by atoms with Crippen LogP contribution in [-0.2, 0) is 32.0 Å². The Balaban J connectivity index is 2.20. The number of amides is 3. The molecule has 3 amide bonds. The first-order valence-corrected chi connectivity index (χ1v) is 13.9. The van der Waals surface area contributed by atoms with Gasteiger partial charge < -0.3 is 31.8 Å². The Labute approximate surface area is 227 Å². The molecule has 0 spiro atoms. The highest BCUT2D eigenvalue weighted by Crippen LogP contribution is 2.12. The molecule has 0 saturated carbocycles. The van der Waals surface area contributed by atoms with Crippen molar-refractivity contribution in [2.75, 3.05) is 12.0 Å². The summed E-state index contributed by atoms with van der Waals surface area (Å²) < 4.78 is 0. The molecule has 0 saturated heterocycles. The number of nitrogens with one attached hydrogen (secondary N) is 4. The molecule has 1 heterocycles. The number of thioether (sulfide) groups is 1. The van der Waals surface area contributed by atoms with Crippen LogP contribution in [0.4, 0.5) is 0 Å². The molecule has 5 unspecified atom stereocenters. The molecule has 2 rings (SSSR count). The number of hydrogen-bond donors (Lipinski definition) is 6. The van der Waals surface area contributed by atoms with E-state index >= 15 is 0 Å². The first-order chi connectivity index (χ1) is 18.2. The minimum absolute atomic E-state index is 0.176. The molecule has 0 radical (unpaired) electrons. The first kappa shape index (κ1) is 30.8. The monoisotopic (exact) mass is 546 g/mol. The smallest absolute Gasteiger partial charge is 0.326 e. The van der Waals surface area contributed by atoms with Gasteiger partial charge in [0.25, 0.3) is 0 Å². The lowest BCUT2D eigenvalue weighted by Crippen LogP contribution is -2.59. The maximum atomic E-state index is 13.5. The van der Waals surface area contributed by atoms with Crippen molar-refractivity contribution in [2.24, 2.45) is 11.7 Å². The number of carboxylic acid groups (broad SMARTS) is 1. The van der Waals surface area contributed by atoms with Gasteiger partial charge in [0.2, 0.25) is 17.7 Å². The minimum atomic E-state index is -1.14. The summed E-state index contributed by atoms with van der Waals surface area (Å²) in [5, 5.41) is 17.6. The average Bonchev–Trinajstić information content (AvgIpc) is 3.41. The molecular formula is C26H38N6O5S. The predicted octanol–water partition coefficient (Wildman–Crippen LogP) is 0.860. The van der Waals surface area contributed by atoms with Crippen LogP contribution in [0.2, 0.25) is 0 Å². The topological polar surface area (TPSA) is 179 Å². The Morgan fingerprint density at radius 1 is 1.03 bits per heavy atom. The van der Waals surface area contributed by atoms with Gasteiger partial charge in [0.05, 0.1) is 12.4 Å². The van der Waals surface area contributed by atoms with E-state index in [1.807, 2.05) is 43.5 Å². The molecule has 1 aromatic carbocycles. The molecule has 7 N–H and O–H groups in total. The molecule has 0 aliphatic carbocycles. The number of H-pyrrole nitrogens is 1. The third-order valence-corrected chi connectivity index (χ3v) is 6.91. The minimum Gasteiger partial charge on any atom is -0.480 e. The summed E-state index contributed by atoms with van der Waals surface area (Å²) in [6, 6.07) is 5.16. The number of carboxylic acids is 1. The number of imidazole rings is 1. The number of aromatic amines is 1. The van der Waals surface area contributed by atoms with Crippen LogP contribution in [-0.4, -0.2) is 74.9 Å². The summed E-state index contributed by atoms with van der Waals surface area (Å²) in [6.07, 6.45) is 6.11. The van der Waals surface area contributed by atoms with Crippen LogP contribution in [0.5, 0.6) is 0 Å². The number of nitrogens with zero attached hydrogens (tertiary/aromatic N) is 1. The van der Waals surface area contributed by atoms with Crippen molar-refractivity contribution in [1.29, 1.82) is 0 Å². The van der Waals surface area contributed by atoms with Gasteiger partial charge in [-0.05, 0) is 29.9 Å². The highest BCUT2D eigenvalue weighted by molar-refractivity contribution is 7.98. The molecule has 5 atom stereocenters. The van der Waals surface area contributed by atoms with Crippen LogP contribution in [0, 0.1) is 5.92 Å². The highest BCUT2D eigenvalue weighted by atomic mass is 32.2. The largest absolute Gasteiger partial charge is 0.480 e. The van der Waals surface area contributed by atoms with E-state index in [1.165, 1.54) is 18.1 Å². The molecule has 0 bridgehead atoms. The van der Waals surface area contributed by atoms with Crippen molar-refractivity contribution in [3.05, 3.63) is 54.1 Å². The van der Waals surface area contributed by atoms with Crippen LogP contribution in [0.3, 0.4) is 0 Å². The zero-order valence-electron chi connectivity index (χ0n) is 22.0. The fourth-order valence-corrected chi connectivity index (χ4v) is 4.25. The number of carbonyl (C=O) groups excluding carboxylic acids is 3. The summed E-state index contributed by atoms with van der Waals surface area (Å²) in [4.78, 5) is 58.0. The molecule has 208 valence electrons. The quantitative estimate of drug-likeness (QED) is 0.179. The van der Waals surface area contributed by atoms with E-state index in [2.05, 4.69) is 25.9 Å². The van der Waals surface area contributed by atoms with E-state index in [-0.39, 0.29) is 25.2 Å². The molecule has 12 heteroatoms. The van der Waals surface area contributed by atoms with Gasteiger partial charge >= 0.3 is 5.97 Å². The second-order valence-corrected chi connectivity index (χ2v) is 10.2. The standard InChI is InChI=1S/C26H38N6O5S/c1-4-16(2)22(25(35)30-20(26(36)37)10-11-38-3)32-24(34)21(12-17-8-6-5-7-9-17)31-23(33)19(27)13-18-14-28-15-29-18/h5-9,14-16,19-22H,4,10-13,27H2,1-3H3,(H,28,29)(H,30,35)(H,31,33)(H,32,34)(H,36,37). The van der Waals surface area contributed by atoms with Gasteiger partial charge in [0.1, 0.15) is 18.1 Å². The van der Waals surface area contributed by atoms with Crippen molar-refractivity contribution in [1.82, 2.24) is 25.9 Å². The van der Waals surface area contributed by atoms with Gasteiger partial charge in [0.15, 0.2) is 0 Å². The summed E-state index contributed by atoms with van der Waals surface area (Å²) in [6.45, 7) is 3.67. The third-order valence-electron chi connectivity index (χ3n) is 6.27. The van der Waals surface area contributed by atoms with Crippen LogP contribution in [0.25, 0.3) is 0 Å². The van der Waals surface area contributed by atoms with E-state index in [1.54, 1.807) is 13.1 Å². The molecule has 11 nitrogen and oxygen atoms in total. The van der Waals surface area contributed by atoms with Gasteiger partial charge in [-0.3, -0.25) is 14.4 Å². The summed E-state index contributed by atoms with van der Waals surface area (Å²) in [5.41, 5.74) is 7.57. The van der Waals surface area contributed by atoms with Crippen LogP contribution in [0.15, 0.2) is 42.9 Å². The van der Waals surface area contributed by atoms with Gasteiger partial charge in [-0.2, -0.15) is 11.8 Å². The molecule has 0 aliphatic rings. The fourth-order valence-electron chi connectivity index (χ4n) is 3.77.